The van der Waals surface area contributed by atoms with Crippen LogP contribution in [-0.4, -0.2) is 12.4 Å². The highest BCUT2D eigenvalue weighted by atomic mass is 35.5. The van der Waals surface area contributed by atoms with Gasteiger partial charge >= 0.3 is 0 Å². The van der Waals surface area contributed by atoms with E-state index in [4.69, 9.17) is 27.9 Å². The van der Waals surface area contributed by atoms with Crippen molar-refractivity contribution in [3.05, 3.63) is 39.9 Å². The van der Waals surface area contributed by atoms with Gasteiger partial charge in [0.1, 0.15) is 12.4 Å². The lowest BCUT2D eigenvalue weighted by atomic mass is 10.1. The Kier molecular flexibility index (Phi) is 3.52. The van der Waals surface area contributed by atoms with Crippen molar-refractivity contribution in [3.8, 4) is 5.75 Å². The minimum Gasteiger partial charge on any atom is -0.488 e. The van der Waals surface area contributed by atoms with Crippen molar-refractivity contribution in [2.24, 2.45) is 0 Å². The van der Waals surface area contributed by atoms with Crippen molar-refractivity contribution in [1.29, 1.82) is 0 Å². The van der Waals surface area contributed by atoms with E-state index in [1.807, 2.05) is 18.2 Å². The summed E-state index contributed by atoms with van der Waals surface area (Å²) in [5, 5.41) is 0.434. The highest BCUT2D eigenvalue weighted by Gasteiger charge is 2.22. The van der Waals surface area contributed by atoms with Crippen LogP contribution in [0.25, 0.3) is 0 Å². The molecule has 0 spiro atoms. The smallest absolute Gasteiger partial charge is 0.163 e. The Morgan fingerprint density at radius 2 is 2.25 bits per heavy atom. The molecule has 0 saturated carbocycles. The molecule has 0 amide bonds. The molecule has 1 aromatic rings. The van der Waals surface area contributed by atoms with E-state index >= 15 is 0 Å². The number of Topliss-reactive ketones (excluding diaryl/α,β-unsaturated/α-hetero) is 1. The van der Waals surface area contributed by atoms with Gasteiger partial charge < -0.3 is 4.74 Å². The molecule has 2 rings (SSSR count). The quantitative estimate of drug-likeness (QED) is 0.828. The van der Waals surface area contributed by atoms with Crippen LogP contribution >= 0.6 is 23.2 Å². The van der Waals surface area contributed by atoms with Gasteiger partial charge in [-0.3, -0.25) is 4.79 Å². The second-order valence-electron chi connectivity index (χ2n) is 3.55. The third-order valence-electron chi connectivity index (χ3n) is 2.52. The number of carbonyl (C=O) groups excluding carboxylic acids is 1. The predicted molar refractivity (Wildman–Crippen MR) is 64.4 cm³/mol. The molecule has 1 aromatic carbocycles. The number of benzene rings is 1. The highest BCUT2D eigenvalue weighted by molar-refractivity contribution is 6.36. The molecular weight excluding hydrogens is 247 g/mol. The number of fused-ring (bicyclic) bond motifs is 1. The Labute approximate surface area is 104 Å². The summed E-state index contributed by atoms with van der Waals surface area (Å²) in [6.07, 6.45) is 1.31. The molecule has 0 heterocycles. The normalized spacial score (nSPS) is 15.1. The predicted octanol–water partition coefficient (Wildman–Crippen LogP) is 3.51. The number of rotatable bonds is 3. The molecule has 0 saturated heterocycles. The Hall–Kier alpha value is -0.990. The van der Waals surface area contributed by atoms with Crippen molar-refractivity contribution in [2.75, 3.05) is 6.61 Å². The van der Waals surface area contributed by atoms with E-state index in [1.165, 1.54) is 5.54 Å². The maximum absolute atomic E-state index is 11.5. The maximum atomic E-state index is 11.5. The zero-order valence-electron chi connectivity index (χ0n) is 8.50. The van der Waals surface area contributed by atoms with Crippen LogP contribution in [0.5, 0.6) is 5.75 Å². The molecule has 1 aliphatic rings. The van der Waals surface area contributed by atoms with Crippen molar-refractivity contribution in [2.45, 2.75) is 12.8 Å². The number of ketones is 1. The van der Waals surface area contributed by atoms with Crippen LogP contribution in [0.4, 0.5) is 0 Å². The summed E-state index contributed by atoms with van der Waals surface area (Å²) >= 11 is 11.2. The summed E-state index contributed by atoms with van der Waals surface area (Å²) in [4.78, 5) is 11.5. The van der Waals surface area contributed by atoms with Crippen molar-refractivity contribution >= 4 is 29.0 Å². The van der Waals surface area contributed by atoms with E-state index in [0.717, 1.165) is 23.3 Å². The largest absolute Gasteiger partial charge is 0.488 e. The Morgan fingerprint density at radius 1 is 1.44 bits per heavy atom. The average molecular weight is 257 g/mol. The topological polar surface area (TPSA) is 26.3 Å². The molecule has 1 aliphatic carbocycles. The summed E-state index contributed by atoms with van der Waals surface area (Å²) in [5.41, 5.74) is 3.02. The van der Waals surface area contributed by atoms with Crippen molar-refractivity contribution in [1.82, 2.24) is 0 Å². The van der Waals surface area contributed by atoms with Gasteiger partial charge in [-0.25, -0.2) is 0 Å². The summed E-state index contributed by atoms with van der Waals surface area (Å²) in [5.74, 6) is 0.902. The highest BCUT2D eigenvalue weighted by Crippen LogP contribution is 2.30. The van der Waals surface area contributed by atoms with Gasteiger partial charge in [-0.1, -0.05) is 35.3 Å². The first-order valence-electron chi connectivity index (χ1n) is 4.95. The van der Waals surface area contributed by atoms with E-state index in [2.05, 4.69) is 0 Å². The second-order valence-corrected chi connectivity index (χ2v) is 4.25. The molecule has 0 aliphatic heterocycles. The Morgan fingerprint density at radius 3 is 3.00 bits per heavy atom. The van der Waals surface area contributed by atoms with Crippen LogP contribution in [0, 0.1) is 0 Å². The molecular formula is C12H10Cl2O2. The van der Waals surface area contributed by atoms with Crippen LogP contribution in [0.1, 0.15) is 22.3 Å². The van der Waals surface area contributed by atoms with Gasteiger partial charge in [0, 0.05) is 23.1 Å². The molecule has 16 heavy (non-hydrogen) atoms. The van der Waals surface area contributed by atoms with E-state index < -0.39 is 0 Å². The summed E-state index contributed by atoms with van der Waals surface area (Å²) in [7, 11) is 0. The second kappa shape index (κ2) is 4.89. The summed E-state index contributed by atoms with van der Waals surface area (Å²) in [6.45, 7) is 0.232. The SMILES string of the molecule is O=C1CCc2c(OCC(Cl)=CCl)cccc21. The lowest BCUT2D eigenvalue weighted by molar-refractivity contribution is 0.0994. The molecule has 2 nitrogen and oxygen atoms in total. The van der Waals surface area contributed by atoms with E-state index in [-0.39, 0.29) is 12.4 Å². The molecule has 0 N–H and O–H groups in total. The first kappa shape index (κ1) is 11.5. The molecule has 0 radical (unpaired) electrons. The lowest BCUT2D eigenvalue weighted by Gasteiger charge is -2.09. The number of hydrogen-bond donors (Lipinski definition) is 0. The van der Waals surface area contributed by atoms with E-state index in [1.54, 1.807) is 0 Å². The van der Waals surface area contributed by atoms with Gasteiger partial charge in [-0.15, -0.1) is 0 Å². The third-order valence-corrected chi connectivity index (χ3v) is 3.11. The monoisotopic (exact) mass is 256 g/mol. The number of hydrogen-bond acceptors (Lipinski definition) is 2. The van der Waals surface area contributed by atoms with E-state index in [0.29, 0.717) is 11.5 Å². The van der Waals surface area contributed by atoms with Gasteiger partial charge in [0.2, 0.25) is 0 Å². The van der Waals surface area contributed by atoms with Crippen LogP contribution < -0.4 is 4.74 Å². The Balaban J connectivity index is 2.20. The van der Waals surface area contributed by atoms with Crippen LogP contribution in [0.15, 0.2) is 28.8 Å². The fourth-order valence-corrected chi connectivity index (χ4v) is 1.89. The van der Waals surface area contributed by atoms with Crippen LogP contribution in [0.2, 0.25) is 0 Å². The number of halogens is 2. The Bertz CT molecular complexity index is 452. The molecule has 0 unspecified atom stereocenters. The molecule has 0 fully saturated rings. The summed E-state index contributed by atoms with van der Waals surface area (Å²) < 4.78 is 5.51. The van der Waals surface area contributed by atoms with E-state index in [9.17, 15) is 4.79 Å². The van der Waals surface area contributed by atoms with Gasteiger partial charge in [-0.05, 0) is 12.5 Å². The van der Waals surface area contributed by atoms with Crippen LogP contribution in [-0.2, 0) is 6.42 Å². The van der Waals surface area contributed by atoms with Crippen molar-refractivity contribution in [3.63, 3.8) is 0 Å². The van der Waals surface area contributed by atoms with Gasteiger partial charge in [0.25, 0.3) is 0 Å². The van der Waals surface area contributed by atoms with Gasteiger partial charge in [-0.2, -0.15) is 0 Å². The molecule has 0 aromatic heterocycles. The standard InChI is InChI=1S/C12H10Cl2O2/c13-6-8(14)7-16-12-3-1-2-9-10(12)4-5-11(9)15/h1-3,6H,4-5,7H2. The van der Waals surface area contributed by atoms with Gasteiger partial charge in [0.05, 0.1) is 5.03 Å². The molecule has 0 bridgehead atoms. The number of carbonyl (C=O) groups is 1. The molecule has 84 valence electrons. The zero-order valence-corrected chi connectivity index (χ0v) is 10.0. The summed E-state index contributed by atoms with van der Waals surface area (Å²) in [6, 6.07) is 5.49. The van der Waals surface area contributed by atoms with Crippen LogP contribution in [0.3, 0.4) is 0 Å². The molecule has 0 atom stereocenters. The zero-order chi connectivity index (χ0) is 11.5. The van der Waals surface area contributed by atoms with Crippen molar-refractivity contribution < 1.29 is 9.53 Å². The first-order chi connectivity index (χ1) is 7.72. The third kappa shape index (κ3) is 2.23. The fourth-order valence-electron chi connectivity index (χ4n) is 1.77. The van der Waals surface area contributed by atoms with Gasteiger partial charge in [0.15, 0.2) is 5.78 Å². The lowest BCUT2D eigenvalue weighted by Crippen LogP contribution is -2.00. The minimum atomic E-state index is 0.180. The number of ether oxygens (including phenoxy) is 1. The first-order valence-corrected chi connectivity index (χ1v) is 5.76. The maximum Gasteiger partial charge on any atom is 0.163 e. The fraction of sp³-hybridized carbons (Fsp3) is 0.250. The minimum absolute atomic E-state index is 0.180. The average Bonchev–Trinajstić information content (AvgIpc) is 2.69. The molecule has 4 heteroatoms.